The minimum absolute atomic E-state index is 0.126. The van der Waals surface area contributed by atoms with Crippen LogP contribution in [0.2, 0.25) is 0 Å². The third kappa shape index (κ3) is 4.30. The van der Waals surface area contributed by atoms with Crippen molar-refractivity contribution in [3.05, 3.63) is 29.3 Å². The molecule has 0 aliphatic carbocycles. The SMILES string of the molecule is Cc1ccc(S(=O)(=O)NC2CCN(C(=O)CC#N)CC2)c(C)c1. The van der Waals surface area contributed by atoms with Crippen LogP contribution in [-0.4, -0.2) is 38.4 Å². The molecule has 1 heterocycles. The van der Waals surface area contributed by atoms with Gasteiger partial charge in [0.05, 0.1) is 11.0 Å². The van der Waals surface area contributed by atoms with E-state index in [9.17, 15) is 13.2 Å². The molecule has 7 heteroatoms. The van der Waals surface area contributed by atoms with E-state index in [-0.39, 0.29) is 18.4 Å². The summed E-state index contributed by atoms with van der Waals surface area (Å²) < 4.78 is 27.8. The summed E-state index contributed by atoms with van der Waals surface area (Å²) >= 11 is 0. The van der Waals surface area contributed by atoms with Crippen molar-refractivity contribution in [1.29, 1.82) is 5.26 Å². The molecule has 0 saturated carbocycles. The second-order valence-corrected chi connectivity index (χ2v) is 7.56. The zero-order chi connectivity index (χ0) is 17.0. The molecule has 1 amide bonds. The molecule has 1 fully saturated rings. The average molecular weight is 335 g/mol. The topological polar surface area (TPSA) is 90.3 Å². The number of rotatable bonds is 4. The van der Waals surface area contributed by atoms with Crippen LogP contribution in [0.4, 0.5) is 0 Å². The van der Waals surface area contributed by atoms with E-state index in [1.165, 1.54) is 0 Å². The van der Waals surface area contributed by atoms with Crippen LogP contribution in [0.25, 0.3) is 0 Å². The summed E-state index contributed by atoms with van der Waals surface area (Å²) in [6.07, 6.45) is 0.988. The molecule has 124 valence electrons. The van der Waals surface area contributed by atoms with E-state index >= 15 is 0 Å². The maximum atomic E-state index is 12.5. The largest absolute Gasteiger partial charge is 0.342 e. The van der Waals surface area contributed by atoms with Gasteiger partial charge >= 0.3 is 0 Å². The molecule has 6 nitrogen and oxygen atoms in total. The van der Waals surface area contributed by atoms with Gasteiger partial charge in [0.15, 0.2) is 0 Å². The van der Waals surface area contributed by atoms with Gasteiger partial charge in [-0.2, -0.15) is 5.26 Å². The second-order valence-electron chi connectivity index (χ2n) is 5.88. The van der Waals surface area contributed by atoms with Crippen molar-refractivity contribution in [3.63, 3.8) is 0 Å². The lowest BCUT2D eigenvalue weighted by atomic mass is 10.1. The third-order valence-corrected chi connectivity index (χ3v) is 5.70. The molecule has 1 aliphatic rings. The minimum Gasteiger partial charge on any atom is -0.342 e. The Labute approximate surface area is 137 Å². The lowest BCUT2D eigenvalue weighted by molar-refractivity contribution is -0.131. The molecule has 1 aromatic rings. The maximum Gasteiger partial charge on any atom is 0.241 e. The molecule has 1 aromatic carbocycles. The monoisotopic (exact) mass is 335 g/mol. The van der Waals surface area contributed by atoms with Crippen molar-refractivity contribution < 1.29 is 13.2 Å². The smallest absolute Gasteiger partial charge is 0.241 e. The van der Waals surface area contributed by atoms with Gasteiger partial charge in [0, 0.05) is 19.1 Å². The number of amides is 1. The number of sulfonamides is 1. The molecule has 1 saturated heterocycles. The highest BCUT2D eigenvalue weighted by molar-refractivity contribution is 7.89. The van der Waals surface area contributed by atoms with Crippen LogP contribution in [0.15, 0.2) is 23.1 Å². The first-order chi connectivity index (χ1) is 10.8. The summed E-state index contributed by atoms with van der Waals surface area (Å²) in [5.74, 6) is -0.191. The van der Waals surface area contributed by atoms with Gasteiger partial charge in [0.1, 0.15) is 6.42 Å². The molecule has 1 aliphatic heterocycles. The van der Waals surface area contributed by atoms with Crippen molar-refractivity contribution in [2.45, 2.75) is 44.0 Å². The normalized spacial score (nSPS) is 16.1. The molecule has 0 bridgehead atoms. The van der Waals surface area contributed by atoms with Crippen molar-refractivity contribution in [1.82, 2.24) is 9.62 Å². The van der Waals surface area contributed by atoms with Crippen LogP contribution in [-0.2, 0) is 14.8 Å². The number of nitrogens with zero attached hydrogens (tertiary/aromatic N) is 2. The first-order valence-electron chi connectivity index (χ1n) is 7.58. The number of nitrogens with one attached hydrogen (secondary N) is 1. The van der Waals surface area contributed by atoms with Crippen LogP contribution in [0.3, 0.4) is 0 Å². The predicted molar refractivity (Wildman–Crippen MR) is 86.1 cm³/mol. The average Bonchev–Trinajstić information content (AvgIpc) is 2.47. The highest BCUT2D eigenvalue weighted by Gasteiger charge is 2.27. The van der Waals surface area contributed by atoms with E-state index in [0.29, 0.717) is 30.8 Å². The number of hydrogen-bond acceptors (Lipinski definition) is 4. The zero-order valence-electron chi connectivity index (χ0n) is 13.4. The molecule has 0 radical (unpaired) electrons. The van der Waals surface area contributed by atoms with Crippen LogP contribution in [0, 0.1) is 25.2 Å². The number of carbonyl (C=O) groups excluding carboxylic acids is 1. The quantitative estimate of drug-likeness (QED) is 0.902. The van der Waals surface area contributed by atoms with Crippen LogP contribution in [0.5, 0.6) is 0 Å². The Balaban J connectivity index is 2.00. The number of piperidine rings is 1. The standard InChI is InChI=1S/C16H21N3O3S/c1-12-3-4-15(13(2)11-12)23(21,22)18-14-6-9-19(10-7-14)16(20)5-8-17/h3-4,11,14,18H,5-7,9-10H2,1-2H3. The fourth-order valence-electron chi connectivity index (χ4n) is 2.81. The molecule has 0 spiro atoms. The summed E-state index contributed by atoms with van der Waals surface area (Å²) in [4.78, 5) is 13.6. The van der Waals surface area contributed by atoms with Crippen LogP contribution < -0.4 is 4.72 Å². The number of aryl methyl sites for hydroxylation is 2. The van der Waals surface area contributed by atoms with E-state index in [1.54, 1.807) is 24.0 Å². The minimum atomic E-state index is -3.56. The van der Waals surface area contributed by atoms with E-state index < -0.39 is 10.0 Å². The second kappa shape index (κ2) is 7.11. The Morgan fingerprint density at radius 2 is 2.00 bits per heavy atom. The third-order valence-electron chi connectivity index (χ3n) is 4.02. The van der Waals surface area contributed by atoms with E-state index in [4.69, 9.17) is 5.26 Å². The van der Waals surface area contributed by atoms with Crippen molar-refractivity contribution in [3.8, 4) is 6.07 Å². The number of benzene rings is 1. The summed E-state index contributed by atoms with van der Waals surface area (Å²) in [5.41, 5.74) is 1.74. The predicted octanol–water partition coefficient (Wildman–Crippen LogP) is 1.49. The van der Waals surface area contributed by atoms with E-state index in [1.807, 2.05) is 19.1 Å². The Kier molecular flexibility index (Phi) is 5.39. The molecule has 23 heavy (non-hydrogen) atoms. The van der Waals surface area contributed by atoms with Gasteiger partial charge in [0.25, 0.3) is 0 Å². The summed E-state index contributed by atoms with van der Waals surface area (Å²) in [7, 11) is -3.56. The first kappa shape index (κ1) is 17.4. The molecule has 0 atom stereocenters. The Morgan fingerprint density at radius 1 is 1.35 bits per heavy atom. The molecular formula is C16H21N3O3S. The number of carbonyl (C=O) groups is 1. The van der Waals surface area contributed by atoms with Gasteiger partial charge in [-0.15, -0.1) is 0 Å². The molecule has 2 rings (SSSR count). The fraction of sp³-hybridized carbons (Fsp3) is 0.500. The summed E-state index contributed by atoms with van der Waals surface area (Å²) in [6.45, 7) is 4.65. The molecule has 0 aromatic heterocycles. The highest BCUT2D eigenvalue weighted by Crippen LogP contribution is 2.19. The summed E-state index contributed by atoms with van der Waals surface area (Å²) in [6, 6.07) is 6.91. The van der Waals surface area contributed by atoms with Gasteiger partial charge in [-0.05, 0) is 38.3 Å². The van der Waals surface area contributed by atoms with Crippen molar-refractivity contribution in [2.75, 3.05) is 13.1 Å². The Bertz CT molecular complexity index is 729. The molecular weight excluding hydrogens is 314 g/mol. The number of nitriles is 1. The lowest BCUT2D eigenvalue weighted by Gasteiger charge is -2.32. The zero-order valence-corrected chi connectivity index (χ0v) is 14.2. The van der Waals surface area contributed by atoms with Crippen molar-refractivity contribution >= 4 is 15.9 Å². The Morgan fingerprint density at radius 3 is 2.57 bits per heavy atom. The Hall–Kier alpha value is -1.91. The maximum absolute atomic E-state index is 12.5. The van der Waals surface area contributed by atoms with E-state index in [0.717, 1.165) is 11.1 Å². The van der Waals surface area contributed by atoms with Crippen LogP contribution >= 0.6 is 0 Å². The molecule has 1 N–H and O–H groups in total. The van der Waals surface area contributed by atoms with Gasteiger partial charge in [-0.1, -0.05) is 17.7 Å². The van der Waals surface area contributed by atoms with E-state index in [2.05, 4.69) is 4.72 Å². The van der Waals surface area contributed by atoms with Gasteiger partial charge < -0.3 is 4.90 Å². The lowest BCUT2D eigenvalue weighted by Crippen LogP contribution is -2.46. The van der Waals surface area contributed by atoms with Crippen molar-refractivity contribution in [2.24, 2.45) is 0 Å². The number of hydrogen-bond donors (Lipinski definition) is 1. The summed E-state index contributed by atoms with van der Waals surface area (Å²) in [5, 5.41) is 8.55. The van der Waals surface area contributed by atoms with Gasteiger partial charge in [-0.3, -0.25) is 4.79 Å². The first-order valence-corrected chi connectivity index (χ1v) is 9.06. The fourth-order valence-corrected chi connectivity index (χ4v) is 4.34. The molecule has 0 unspecified atom stereocenters. The van der Waals surface area contributed by atoms with Crippen LogP contribution in [0.1, 0.15) is 30.4 Å². The number of likely N-dealkylation sites (tertiary alicyclic amines) is 1. The van der Waals surface area contributed by atoms with Gasteiger partial charge in [-0.25, -0.2) is 13.1 Å². The highest BCUT2D eigenvalue weighted by atomic mass is 32.2. The van der Waals surface area contributed by atoms with Gasteiger partial charge in [0.2, 0.25) is 15.9 Å².